The number of carbonyl (C=O) groups is 1. The molecule has 8 heteroatoms. The summed E-state index contributed by atoms with van der Waals surface area (Å²) in [6.45, 7) is 1.96. The van der Waals surface area contributed by atoms with Crippen molar-refractivity contribution in [2.45, 2.75) is 6.92 Å². The summed E-state index contributed by atoms with van der Waals surface area (Å²) in [5.74, 6) is -0.605. The van der Waals surface area contributed by atoms with Gasteiger partial charge < -0.3 is 10.7 Å². The van der Waals surface area contributed by atoms with E-state index in [-0.39, 0.29) is 11.3 Å². The molecule has 0 radical (unpaired) electrons. The number of amides is 1. The minimum atomic E-state index is -0.605. The maximum atomic E-state index is 13.3. The Morgan fingerprint density at radius 1 is 1.00 bits per heavy atom. The first kappa shape index (κ1) is 21.2. The summed E-state index contributed by atoms with van der Waals surface area (Å²) in [5.41, 5.74) is 11.1. The minimum absolute atomic E-state index is 0.139. The van der Waals surface area contributed by atoms with E-state index in [9.17, 15) is 9.59 Å². The van der Waals surface area contributed by atoms with Gasteiger partial charge in [0.2, 0.25) is 0 Å². The summed E-state index contributed by atoms with van der Waals surface area (Å²) in [5, 5.41) is 2.34. The molecule has 3 aromatic carbocycles. The van der Waals surface area contributed by atoms with Crippen LogP contribution < -0.4 is 11.3 Å². The van der Waals surface area contributed by atoms with Crippen molar-refractivity contribution in [3.05, 3.63) is 99.3 Å². The van der Waals surface area contributed by atoms with Gasteiger partial charge in [0, 0.05) is 32.5 Å². The number of H-pyrrole nitrogens is 1. The summed E-state index contributed by atoms with van der Waals surface area (Å²) in [6.07, 6.45) is 3.23. The number of rotatable bonds is 3. The Bertz CT molecular complexity index is 1890. The van der Waals surface area contributed by atoms with Gasteiger partial charge in [-0.1, -0.05) is 46.3 Å². The summed E-state index contributed by atoms with van der Waals surface area (Å²) in [6, 6.07) is 19.0. The third kappa shape index (κ3) is 3.25. The molecule has 7 nitrogen and oxygen atoms in total. The van der Waals surface area contributed by atoms with Gasteiger partial charge in [-0.05, 0) is 48.4 Å². The third-order valence-corrected chi connectivity index (χ3v) is 6.84. The topological polar surface area (TPSA) is 107 Å². The van der Waals surface area contributed by atoms with Gasteiger partial charge in [0.1, 0.15) is 6.33 Å². The van der Waals surface area contributed by atoms with Crippen molar-refractivity contribution in [2.75, 3.05) is 0 Å². The number of pyridine rings is 1. The number of nitrogens with zero attached hydrogens (tertiary/aromatic N) is 3. The second-order valence-corrected chi connectivity index (χ2v) is 9.25. The largest absolute Gasteiger partial charge is 0.364 e. The molecule has 3 N–H and O–H groups in total. The first-order valence-corrected chi connectivity index (χ1v) is 11.7. The molecule has 0 bridgehead atoms. The highest BCUT2D eigenvalue weighted by Gasteiger charge is 2.20. The second kappa shape index (κ2) is 7.89. The van der Waals surface area contributed by atoms with Crippen LogP contribution in [0.4, 0.5) is 0 Å². The van der Waals surface area contributed by atoms with Gasteiger partial charge in [-0.15, -0.1) is 0 Å². The molecule has 1 amide bonds. The van der Waals surface area contributed by atoms with Gasteiger partial charge in [-0.25, -0.2) is 9.97 Å². The van der Waals surface area contributed by atoms with Crippen molar-refractivity contribution in [2.24, 2.45) is 5.73 Å². The van der Waals surface area contributed by atoms with E-state index in [2.05, 4.69) is 30.9 Å². The number of hydrogen-bond acceptors (Lipinski definition) is 4. The van der Waals surface area contributed by atoms with E-state index in [4.69, 9.17) is 5.73 Å². The lowest BCUT2D eigenvalue weighted by Gasteiger charge is -2.15. The normalized spacial score (nSPS) is 11.5. The summed E-state index contributed by atoms with van der Waals surface area (Å²) in [7, 11) is 0. The highest BCUT2D eigenvalue weighted by molar-refractivity contribution is 9.10. The zero-order valence-corrected chi connectivity index (χ0v) is 20.1. The molecule has 0 aliphatic heterocycles. The first-order valence-electron chi connectivity index (χ1n) is 10.9. The Morgan fingerprint density at radius 3 is 2.66 bits per heavy atom. The fourth-order valence-corrected chi connectivity index (χ4v) is 5.05. The summed E-state index contributed by atoms with van der Waals surface area (Å²) in [4.78, 5) is 37.6. The van der Waals surface area contributed by atoms with Crippen molar-refractivity contribution in [1.82, 2.24) is 19.5 Å². The number of halogens is 1. The fourth-order valence-electron chi connectivity index (χ4n) is 4.69. The van der Waals surface area contributed by atoms with Crippen LogP contribution >= 0.6 is 15.9 Å². The van der Waals surface area contributed by atoms with E-state index in [1.54, 1.807) is 23.2 Å². The maximum absolute atomic E-state index is 13.3. The van der Waals surface area contributed by atoms with Gasteiger partial charge in [0.15, 0.2) is 5.69 Å². The molecule has 0 saturated heterocycles. The number of hydrogen-bond donors (Lipinski definition) is 2. The molecule has 0 aliphatic rings. The van der Waals surface area contributed by atoms with Crippen molar-refractivity contribution < 1.29 is 4.79 Å². The molecule has 0 unspecified atom stereocenters. The summed E-state index contributed by atoms with van der Waals surface area (Å²) >= 11 is 3.51. The van der Waals surface area contributed by atoms with Crippen LogP contribution in [0.3, 0.4) is 0 Å². The number of aromatic nitrogens is 4. The molecule has 0 aliphatic carbocycles. The number of benzene rings is 3. The van der Waals surface area contributed by atoms with Crippen LogP contribution in [0.5, 0.6) is 0 Å². The van der Waals surface area contributed by atoms with E-state index in [0.717, 1.165) is 43.1 Å². The third-order valence-electron chi connectivity index (χ3n) is 6.34. The Hall–Kier alpha value is -4.30. The van der Waals surface area contributed by atoms with E-state index in [1.807, 2.05) is 61.5 Å². The zero-order chi connectivity index (χ0) is 24.3. The van der Waals surface area contributed by atoms with Gasteiger partial charge >= 0.3 is 0 Å². The molecule has 6 aromatic rings. The van der Waals surface area contributed by atoms with Gasteiger partial charge in [0.05, 0.1) is 22.1 Å². The molecule has 170 valence electrons. The number of aromatic amines is 1. The van der Waals surface area contributed by atoms with Crippen molar-refractivity contribution in [3.63, 3.8) is 0 Å². The van der Waals surface area contributed by atoms with Crippen LogP contribution in [0.1, 0.15) is 16.1 Å². The van der Waals surface area contributed by atoms with E-state index < -0.39 is 5.91 Å². The van der Waals surface area contributed by atoms with E-state index >= 15 is 0 Å². The standard InChI is InChI=1S/C27H18BrN5O2/c1-14-16(6-4-8-22(14)33-13-31-20-7-3-2-5-18(20)27(33)35)19-12-30-25(26(29)34)24-23(19)17-10-9-15(28)11-21(17)32-24/h2-13,32H,1H3,(H2,29,34). The number of nitrogens with two attached hydrogens (primary N) is 1. The number of primary amides is 1. The van der Waals surface area contributed by atoms with E-state index in [1.165, 1.54) is 0 Å². The van der Waals surface area contributed by atoms with Gasteiger partial charge in [-0.2, -0.15) is 0 Å². The van der Waals surface area contributed by atoms with Crippen LogP contribution in [0, 0.1) is 6.92 Å². The van der Waals surface area contributed by atoms with Crippen molar-refractivity contribution in [3.8, 4) is 16.8 Å². The smallest absolute Gasteiger partial charge is 0.269 e. The average Bonchev–Trinajstić information content (AvgIpc) is 3.23. The molecule has 3 aromatic heterocycles. The highest BCUT2D eigenvalue weighted by Crippen LogP contribution is 2.38. The van der Waals surface area contributed by atoms with Crippen molar-refractivity contribution in [1.29, 1.82) is 0 Å². The van der Waals surface area contributed by atoms with Crippen LogP contribution in [0.2, 0.25) is 0 Å². The van der Waals surface area contributed by atoms with Crippen molar-refractivity contribution >= 4 is 54.5 Å². The number of carbonyl (C=O) groups excluding carboxylic acids is 1. The average molecular weight is 524 g/mol. The van der Waals surface area contributed by atoms with Gasteiger partial charge in [-0.3, -0.25) is 14.2 Å². The predicted molar refractivity (Wildman–Crippen MR) is 141 cm³/mol. The predicted octanol–water partition coefficient (Wildman–Crippen LogP) is 5.25. The SMILES string of the molecule is Cc1c(-c2cnc(C(N)=O)c3[nH]c4cc(Br)ccc4c23)cccc1-n1cnc2ccccc2c1=O. The molecule has 0 atom stereocenters. The van der Waals surface area contributed by atoms with E-state index in [0.29, 0.717) is 16.4 Å². The molecule has 3 heterocycles. The molecule has 0 fully saturated rings. The lowest BCUT2D eigenvalue weighted by atomic mass is 9.96. The van der Waals surface area contributed by atoms with Gasteiger partial charge in [0.25, 0.3) is 11.5 Å². The maximum Gasteiger partial charge on any atom is 0.269 e. The molecule has 0 spiro atoms. The van der Waals surface area contributed by atoms with Crippen LogP contribution in [-0.2, 0) is 0 Å². The Labute approximate surface area is 207 Å². The number of para-hydroxylation sites is 1. The molecule has 6 rings (SSSR count). The Morgan fingerprint density at radius 2 is 1.83 bits per heavy atom. The van der Waals surface area contributed by atoms with Crippen LogP contribution in [-0.4, -0.2) is 25.4 Å². The lowest BCUT2D eigenvalue weighted by Crippen LogP contribution is -2.19. The number of fused-ring (bicyclic) bond motifs is 4. The minimum Gasteiger partial charge on any atom is -0.364 e. The zero-order valence-electron chi connectivity index (χ0n) is 18.5. The quantitative estimate of drug-likeness (QED) is 0.330. The number of nitrogens with one attached hydrogen (secondary N) is 1. The molecular weight excluding hydrogens is 506 g/mol. The lowest BCUT2D eigenvalue weighted by molar-refractivity contribution is 0.0997. The molecule has 35 heavy (non-hydrogen) atoms. The monoisotopic (exact) mass is 523 g/mol. The Balaban J connectivity index is 1.65. The molecule has 0 saturated carbocycles. The first-order chi connectivity index (χ1) is 16.9. The summed E-state index contributed by atoms with van der Waals surface area (Å²) < 4.78 is 2.48. The molecular formula is C27H18BrN5O2. The van der Waals surface area contributed by atoms with Crippen LogP contribution in [0.15, 0.2) is 82.5 Å². The second-order valence-electron chi connectivity index (χ2n) is 8.34. The Kier molecular flexibility index (Phi) is 4.79. The fraction of sp³-hybridized carbons (Fsp3) is 0.0370. The van der Waals surface area contributed by atoms with Crippen LogP contribution in [0.25, 0.3) is 49.5 Å². The highest BCUT2D eigenvalue weighted by atomic mass is 79.9.